The van der Waals surface area contributed by atoms with E-state index in [0.717, 1.165) is 31.2 Å². The molecule has 20 heavy (non-hydrogen) atoms. The van der Waals surface area contributed by atoms with E-state index in [9.17, 15) is 4.79 Å². The second-order valence-electron chi connectivity index (χ2n) is 5.92. The van der Waals surface area contributed by atoms with E-state index in [0.29, 0.717) is 13.1 Å². The third-order valence-corrected chi connectivity index (χ3v) is 4.39. The van der Waals surface area contributed by atoms with Crippen molar-refractivity contribution in [2.24, 2.45) is 11.1 Å². The highest BCUT2D eigenvalue weighted by atomic mass is 16.2. The van der Waals surface area contributed by atoms with Crippen LogP contribution in [0.5, 0.6) is 0 Å². The SMILES string of the molecule is CN(Cc1cccnc1)C(=O)C1(CN)CCCCCC1. The lowest BCUT2D eigenvalue weighted by Crippen LogP contribution is -2.46. The van der Waals surface area contributed by atoms with Crippen LogP contribution in [-0.4, -0.2) is 29.4 Å². The lowest BCUT2D eigenvalue weighted by atomic mass is 9.79. The smallest absolute Gasteiger partial charge is 0.230 e. The fourth-order valence-electron chi connectivity index (χ4n) is 3.15. The molecule has 0 bridgehead atoms. The molecule has 0 radical (unpaired) electrons. The van der Waals surface area contributed by atoms with Gasteiger partial charge in [-0.1, -0.05) is 31.7 Å². The van der Waals surface area contributed by atoms with Gasteiger partial charge in [0.2, 0.25) is 5.91 Å². The van der Waals surface area contributed by atoms with Crippen LogP contribution in [0.3, 0.4) is 0 Å². The van der Waals surface area contributed by atoms with Crippen molar-refractivity contribution in [3.05, 3.63) is 30.1 Å². The summed E-state index contributed by atoms with van der Waals surface area (Å²) >= 11 is 0. The molecule has 2 rings (SSSR count). The Morgan fingerprint density at radius 1 is 1.35 bits per heavy atom. The maximum Gasteiger partial charge on any atom is 0.230 e. The Morgan fingerprint density at radius 3 is 2.60 bits per heavy atom. The van der Waals surface area contributed by atoms with E-state index in [1.807, 2.05) is 30.3 Å². The molecular formula is C16H25N3O. The zero-order chi connectivity index (χ0) is 14.4. The third kappa shape index (κ3) is 3.37. The summed E-state index contributed by atoms with van der Waals surface area (Å²) in [5, 5.41) is 0. The van der Waals surface area contributed by atoms with Gasteiger partial charge >= 0.3 is 0 Å². The molecule has 1 aliphatic carbocycles. The van der Waals surface area contributed by atoms with Crippen LogP contribution >= 0.6 is 0 Å². The molecule has 0 aromatic carbocycles. The number of carbonyl (C=O) groups excluding carboxylic acids is 1. The number of amides is 1. The van der Waals surface area contributed by atoms with Crippen LogP contribution < -0.4 is 5.73 Å². The molecule has 1 aromatic heterocycles. The summed E-state index contributed by atoms with van der Waals surface area (Å²) < 4.78 is 0. The van der Waals surface area contributed by atoms with Crippen LogP contribution in [0, 0.1) is 5.41 Å². The van der Waals surface area contributed by atoms with Crippen molar-refractivity contribution in [1.82, 2.24) is 9.88 Å². The Hall–Kier alpha value is -1.42. The minimum atomic E-state index is -0.340. The van der Waals surface area contributed by atoms with Gasteiger partial charge in [0.1, 0.15) is 0 Å². The van der Waals surface area contributed by atoms with E-state index >= 15 is 0 Å². The minimum absolute atomic E-state index is 0.200. The molecule has 0 saturated heterocycles. The number of nitrogens with two attached hydrogens (primary N) is 1. The predicted octanol–water partition coefficient (Wildman–Crippen LogP) is 2.34. The monoisotopic (exact) mass is 275 g/mol. The van der Waals surface area contributed by atoms with Crippen LogP contribution in [0.2, 0.25) is 0 Å². The van der Waals surface area contributed by atoms with Gasteiger partial charge in [-0.25, -0.2) is 0 Å². The standard InChI is InChI=1S/C16H25N3O/c1-19(12-14-7-6-10-18-11-14)15(20)16(13-17)8-4-2-3-5-9-16/h6-7,10-11H,2-5,8-9,12-13,17H2,1H3. The number of nitrogens with zero attached hydrogens (tertiary/aromatic N) is 2. The third-order valence-electron chi connectivity index (χ3n) is 4.39. The number of aromatic nitrogens is 1. The zero-order valence-corrected chi connectivity index (χ0v) is 12.3. The molecule has 0 unspecified atom stereocenters. The van der Waals surface area contributed by atoms with Gasteiger partial charge in [0.25, 0.3) is 0 Å². The molecule has 0 atom stereocenters. The van der Waals surface area contributed by atoms with Crippen LogP contribution in [-0.2, 0) is 11.3 Å². The predicted molar refractivity (Wildman–Crippen MR) is 79.9 cm³/mol. The van der Waals surface area contributed by atoms with Crippen LogP contribution in [0.1, 0.15) is 44.1 Å². The lowest BCUT2D eigenvalue weighted by molar-refractivity contribution is -0.141. The highest BCUT2D eigenvalue weighted by molar-refractivity contribution is 5.82. The Balaban J connectivity index is 2.07. The maximum absolute atomic E-state index is 12.8. The normalized spacial score (nSPS) is 18.3. The molecule has 1 saturated carbocycles. The van der Waals surface area contributed by atoms with Gasteiger partial charge in [0.15, 0.2) is 0 Å². The average molecular weight is 275 g/mol. The van der Waals surface area contributed by atoms with Crippen LogP contribution in [0.15, 0.2) is 24.5 Å². The van der Waals surface area contributed by atoms with Crippen molar-refractivity contribution in [3.63, 3.8) is 0 Å². The Morgan fingerprint density at radius 2 is 2.05 bits per heavy atom. The van der Waals surface area contributed by atoms with Crippen molar-refractivity contribution in [2.45, 2.75) is 45.1 Å². The molecule has 1 heterocycles. The van der Waals surface area contributed by atoms with Gasteiger partial charge in [0.05, 0.1) is 5.41 Å². The average Bonchev–Trinajstić information content (AvgIpc) is 2.74. The van der Waals surface area contributed by atoms with Crippen molar-refractivity contribution >= 4 is 5.91 Å². The number of carbonyl (C=O) groups is 1. The Bertz CT molecular complexity index is 425. The number of rotatable bonds is 4. The molecule has 1 amide bonds. The van der Waals surface area contributed by atoms with Crippen molar-refractivity contribution in [3.8, 4) is 0 Å². The highest BCUT2D eigenvalue weighted by Crippen LogP contribution is 2.36. The molecule has 2 N–H and O–H groups in total. The molecule has 1 fully saturated rings. The quantitative estimate of drug-likeness (QED) is 0.858. The first-order valence-corrected chi connectivity index (χ1v) is 7.52. The molecule has 4 nitrogen and oxygen atoms in total. The molecule has 0 aliphatic heterocycles. The molecule has 1 aliphatic rings. The number of hydrogen-bond donors (Lipinski definition) is 1. The van der Waals surface area contributed by atoms with E-state index < -0.39 is 0 Å². The van der Waals surface area contributed by atoms with Gasteiger partial charge in [-0.05, 0) is 24.5 Å². The van der Waals surface area contributed by atoms with Gasteiger partial charge in [-0.2, -0.15) is 0 Å². The van der Waals surface area contributed by atoms with Gasteiger partial charge in [0, 0.05) is 32.5 Å². The lowest BCUT2D eigenvalue weighted by Gasteiger charge is -2.34. The highest BCUT2D eigenvalue weighted by Gasteiger charge is 2.38. The summed E-state index contributed by atoms with van der Waals surface area (Å²) in [6.07, 6.45) is 10.1. The fraction of sp³-hybridized carbons (Fsp3) is 0.625. The second-order valence-corrected chi connectivity index (χ2v) is 5.92. The number of pyridine rings is 1. The van der Waals surface area contributed by atoms with Crippen molar-refractivity contribution in [1.29, 1.82) is 0 Å². The molecule has 110 valence electrons. The first kappa shape index (κ1) is 15.0. The second kappa shape index (κ2) is 6.84. The summed E-state index contributed by atoms with van der Waals surface area (Å²) in [7, 11) is 1.87. The van der Waals surface area contributed by atoms with E-state index in [2.05, 4.69) is 4.98 Å². The topological polar surface area (TPSA) is 59.2 Å². The first-order valence-electron chi connectivity index (χ1n) is 7.52. The van der Waals surface area contributed by atoms with E-state index in [-0.39, 0.29) is 11.3 Å². The summed E-state index contributed by atoms with van der Waals surface area (Å²) in [6.45, 7) is 1.07. The first-order chi connectivity index (χ1) is 9.68. The van der Waals surface area contributed by atoms with E-state index in [4.69, 9.17) is 5.73 Å². The minimum Gasteiger partial charge on any atom is -0.341 e. The van der Waals surface area contributed by atoms with Crippen LogP contribution in [0.25, 0.3) is 0 Å². The molecule has 0 spiro atoms. The Labute approximate surface area is 121 Å². The van der Waals surface area contributed by atoms with Crippen LogP contribution in [0.4, 0.5) is 0 Å². The van der Waals surface area contributed by atoms with E-state index in [1.165, 1.54) is 12.8 Å². The molecular weight excluding hydrogens is 250 g/mol. The largest absolute Gasteiger partial charge is 0.341 e. The number of hydrogen-bond acceptors (Lipinski definition) is 3. The summed E-state index contributed by atoms with van der Waals surface area (Å²) in [5.41, 5.74) is 6.70. The maximum atomic E-state index is 12.8. The summed E-state index contributed by atoms with van der Waals surface area (Å²) in [6, 6.07) is 3.90. The van der Waals surface area contributed by atoms with Crippen molar-refractivity contribution in [2.75, 3.05) is 13.6 Å². The summed E-state index contributed by atoms with van der Waals surface area (Å²) in [5.74, 6) is 0.200. The Kier molecular flexibility index (Phi) is 5.12. The van der Waals surface area contributed by atoms with Gasteiger partial charge < -0.3 is 10.6 Å². The molecule has 4 heteroatoms. The van der Waals surface area contributed by atoms with Gasteiger partial charge in [-0.3, -0.25) is 9.78 Å². The fourth-order valence-corrected chi connectivity index (χ4v) is 3.15. The molecule has 1 aromatic rings. The van der Waals surface area contributed by atoms with Crippen molar-refractivity contribution < 1.29 is 4.79 Å². The summed E-state index contributed by atoms with van der Waals surface area (Å²) in [4.78, 5) is 18.7. The zero-order valence-electron chi connectivity index (χ0n) is 12.3. The van der Waals surface area contributed by atoms with Gasteiger partial charge in [-0.15, -0.1) is 0 Å². The van der Waals surface area contributed by atoms with E-state index in [1.54, 1.807) is 6.20 Å².